The number of methoxy groups -OCH3 is 1. The Labute approximate surface area is 120 Å². The Morgan fingerprint density at radius 3 is 2.50 bits per heavy atom. The molecular formula is C16H21N3O. The smallest absolute Gasteiger partial charge is 0.226 e. The molecule has 0 bridgehead atoms. The molecule has 0 radical (unpaired) electrons. The first-order chi connectivity index (χ1) is 9.51. The molecule has 2 aromatic rings. The van der Waals surface area contributed by atoms with E-state index in [1.54, 1.807) is 7.11 Å². The summed E-state index contributed by atoms with van der Waals surface area (Å²) in [5.41, 5.74) is 2.17. The van der Waals surface area contributed by atoms with Crippen LogP contribution >= 0.6 is 0 Å². The highest BCUT2D eigenvalue weighted by atomic mass is 16.5. The average molecular weight is 271 g/mol. The molecule has 0 aliphatic carbocycles. The fraction of sp³-hybridized carbons (Fsp3) is 0.375. The van der Waals surface area contributed by atoms with Crippen LogP contribution in [0.25, 0.3) is 0 Å². The molecule has 0 aliphatic rings. The Kier molecular flexibility index (Phi) is 4.23. The number of aromatic nitrogens is 2. The molecule has 2 rings (SSSR count). The minimum Gasteiger partial charge on any atom is -0.481 e. The molecule has 0 spiro atoms. The van der Waals surface area contributed by atoms with Crippen molar-refractivity contribution in [2.24, 2.45) is 0 Å². The van der Waals surface area contributed by atoms with Crippen LogP contribution in [0.1, 0.15) is 25.1 Å². The lowest BCUT2D eigenvalue weighted by Crippen LogP contribution is -2.28. The highest BCUT2D eigenvalue weighted by molar-refractivity contribution is 5.33. The molecule has 0 amide bonds. The Balaban J connectivity index is 2.10. The maximum Gasteiger partial charge on any atom is 0.226 e. The van der Waals surface area contributed by atoms with E-state index in [0.717, 1.165) is 12.2 Å². The Morgan fingerprint density at radius 2 is 1.85 bits per heavy atom. The summed E-state index contributed by atoms with van der Waals surface area (Å²) in [6.45, 7) is 7.08. The molecular weight excluding hydrogens is 250 g/mol. The van der Waals surface area contributed by atoms with Gasteiger partial charge in [-0.3, -0.25) is 0 Å². The number of ether oxygens (including phenoxy) is 1. The summed E-state index contributed by atoms with van der Waals surface area (Å²) in [5, 5.41) is 3.30. The topological polar surface area (TPSA) is 47.0 Å². The van der Waals surface area contributed by atoms with Crippen LogP contribution in [-0.4, -0.2) is 23.6 Å². The van der Waals surface area contributed by atoms with Crippen molar-refractivity contribution >= 4 is 5.95 Å². The monoisotopic (exact) mass is 271 g/mol. The average Bonchev–Trinajstić information content (AvgIpc) is 2.45. The minimum atomic E-state index is 0.00159. The van der Waals surface area contributed by atoms with E-state index in [4.69, 9.17) is 4.74 Å². The standard InChI is InChI=1S/C16H21N3O/c1-12-10-14(20-4)19-15(18-12)17-11-16(2,3)13-8-6-5-7-9-13/h5-10H,11H2,1-4H3,(H,17,18,19). The van der Waals surface area contributed by atoms with Crippen molar-refractivity contribution in [2.45, 2.75) is 26.2 Å². The first-order valence-corrected chi connectivity index (χ1v) is 6.70. The normalized spacial score (nSPS) is 11.2. The van der Waals surface area contributed by atoms with Crippen molar-refractivity contribution in [3.63, 3.8) is 0 Å². The van der Waals surface area contributed by atoms with E-state index in [9.17, 15) is 0 Å². The van der Waals surface area contributed by atoms with Gasteiger partial charge in [-0.1, -0.05) is 44.2 Å². The number of nitrogens with zero attached hydrogens (tertiary/aromatic N) is 2. The molecule has 0 atom stereocenters. The van der Waals surface area contributed by atoms with Crippen LogP contribution in [0.2, 0.25) is 0 Å². The molecule has 106 valence electrons. The van der Waals surface area contributed by atoms with E-state index in [0.29, 0.717) is 11.8 Å². The first-order valence-electron chi connectivity index (χ1n) is 6.70. The second-order valence-corrected chi connectivity index (χ2v) is 5.48. The number of aryl methyl sites for hydroxylation is 1. The van der Waals surface area contributed by atoms with Gasteiger partial charge in [-0.15, -0.1) is 0 Å². The zero-order chi connectivity index (χ0) is 14.6. The van der Waals surface area contributed by atoms with Crippen LogP contribution in [0.4, 0.5) is 5.95 Å². The molecule has 0 fully saturated rings. The van der Waals surface area contributed by atoms with Crippen molar-refractivity contribution in [3.05, 3.63) is 47.7 Å². The van der Waals surface area contributed by atoms with Crippen molar-refractivity contribution in [1.82, 2.24) is 9.97 Å². The van der Waals surface area contributed by atoms with Gasteiger partial charge >= 0.3 is 0 Å². The second-order valence-electron chi connectivity index (χ2n) is 5.48. The van der Waals surface area contributed by atoms with Gasteiger partial charge in [0.05, 0.1) is 7.11 Å². The summed E-state index contributed by atoms with van der Waals surface area (Å²) in [6.07, 6.45) is 0. The van der Waals surface area contributed by atoms with Gasteiger partial charge in [0.2, 0.25) is 11.8 Å². The van der Waals surface area contributed by atoms with Crippen LogP contribution in [-0.2, 0) is 5.41 Å². The third-order valence-electron chi connectivity index (χ3n) is 3.28. The third-order valence-corrected chi connectivity index (χ3v) is 3.28. The Bertz CT molecular complexity index is 567. The van der Waals surface area contributed by atoms with E-state index >= 15 is 0 Å². The van der Waals surface area contributed by atoms with Crippen LogP contribution in [0.15, 0.2) is 36.4 Å². The van der Waals surface area contributed by atoms with Crippen molar-refractivity contribution in [3.8, 4) is 5.88 Å². The zero-order valence-corrected chi connectivity index (χ0v) is 12.5. The minimum absolute atomic E-state index is 0.00159. The van der Waals surface area contributed by atoms with E-state index in [2.05, 4.69) is 53.4 Å². The molecule has 0 unspecified atom stereocenters. The highest BCUT2D eigenvalue weighted by Crippen LogP contribution is 2.23. The van der Waals surface area contributed by atoms with E-state index in [1.807, 2.05) is 19.1 Å². The van der Waals surface area contributed by atoms with Crippen LogP contribution < -0.4 is 10.1 Å². The van der Waals surface area contributed by atoms with Crippen molar-refractivity contribution < 1.29 is 4.74 Å². The van der Waals surface area contributed by atoms with Gasteiger partial charge in [0.25, 0.3) is 0 Å². The summed E-state index contributed by atoms with van der Waals surface area (Å²) in [5.74, 6) is 1.18. The number of benzene rings is 1. The molecule has 0 saturated carbocycles. The summed E-state index contributed by atoms with van der Waals surface area (Å²) in [6, 6.07) is 12.2. The Hall–Kier alpha value is -2.10. The van der Waals surface area contributed by atoms with Crippen molar-refractivity contribution in [2.75, 3.05) is 19.0 Å². The van der Waals surface area contributed by atoms with Gasteiger partial charge in [0, 0.05) is 23.7 Å². The molecule has 4 nitrogen and oxygen atoms in total. The third kappa shape index (κ3) is 3.47. The number of anilines is 1. The summed E-state index contributed by atoms with van der Waals surface area (Å²) >= 11 is 0. The van der Waals surface area contributed by atoms with Crippen LogP contribution in [0.5, 0.6) is 5.88 Å². The molecule has 4 heteroatoms. The molecule has 20 heavy (non-hydrogen) atoms. The first kappa shape index (κ1) is 14.3. The van der Waals surface area contributed by atoms with Gasteiger partial charge in [-0.25, -0.2) is 4.98 Å². The maximum atomic E-state index is 5.16. The lowest BCUT2D eigenvalue weighted by molar-refractivity contribution is 0.396. The Morgan fingerprint density at radius 1 is 1.15 bits per heavy atom. The molecule has 0 aliphatic heterocycles. The van der Waals surface area contributed by atoms with E-state index < -0.39 is 0 Å². The van der Waals surface area contributed by atoms with Crippen LogP contribution in [0, 0.1) is 6.92 Å². The van der Waals surface area contributed by atoms with Gasteiger partial charge in [0.1, 0.15) is 0 Å². The molecule has 0 saturated heterocycles. The number of hydrogen-bond donors (Lipinski definition) is 1. The molecule has 1 heterocycles. The summed E-state index contributed by atoms with van der Waals surface area (Å²) in [4.78, 5) is 8.68. The maximum absolute atomic E-state index is 5.16. The SMILES string of the molecule is COc1cc(C)nc(NCC(C)(C)c2ccccc2)n1. The largest absolute Gasteiger partial charge is 0.481 e. The highest BCUT2D eigenvalue weighted by Gasteiger charge is 2.20. The predicted octanol–water partition coefficient (Wildman–Crippen LogP) is 3.18. The number of nitrogens with one attached hydrogen (secondary N) is 1. The molecule has 1 aromatic heterocycles. The van der Waals surface area contributed by atoms with Crippen molar-refractivity contribution in [1.29, 1.82) is 0 Å². The van der Waals surface area contributed by atoms with Gasteiger partial charge in [-0.05, 0) is 12.5 Å². The lowest BCUT2D eigenvalue weighted by atomic mass is 9.85. The van der Waals surface area contributed by atoms with E-state index in [-0.39, 0.29) is 5.41 Å². The fourth-order valence-electron chi connectivity index (χ4n) is 2.01. The van der Waals surface area contributed by atoms with E-state index in [1.165, 1.54) is 5.56 Å². The van der Waals surface area contributed by atoms with Gasteiger partial charge in [-0.2, -0.15) is 4.98 Å². The molecule has 1 N–H and O–H groups in total. The quantitative estimate of drug-likeness (QED) is 0.907. The van der Waals surface area contributed by atoms with Gasteiger partial charge < -0.3 is 10.1 Å². The number of rotatable bonds is 5. The number of hydrogen-bond acceptors (Lipinski definition) is 4. The summed E-state index contributed by atoms with van der Waals surface area (Å²) < 4.78 is 5.16. The summed E-state index contributed by atoms with van der Waals surface area (Å²) in [7, 11) is 1.61. The second kappa shape index (κ2) is 5.90. The fourth-order valence-corrected chi connectivity index (χ4v) is 2.01. The molecule has 1 aromatic carbocycles. The van der Waals surface area contributed by atoms with Crippen LogP contribution in [0.3, 0.4) is 0 Å². The zero-order valence-electron chi connectivity index (χ0n) is 12.5. The lowest BCUT2D eigenvalue weighted by Gasteiger charge is -2.25. The predicted molar refractivity (Wildman–Crippen MR) is 81.3 cm³/mol. The van der Waals surface area contributed by atoms with Gasteiger partial charge in [0.15, 0.2) is 0 Å².